The van der Waals surface area contributed by atoms with Crippen LogP contribution in [0.3, 0.4) is 0 Å². The van der Waals surface area contributed by atoms with Crippen molar-refractivity contribution in [3.05, 3.63) is 35.9 Å². The molecule has 1 aliphatic heterocycles. The first-order valence-electron chi connectivity index (χ1n) is 7.11. The van der Waals surface area contributed by atoms with Gasteiger partial charge in [-0.05, 0) is 25.0 Å². The number of methoxy groups -OCH3 is 1. The van der Waals surface area contributed by atoms with Crippen LogP contribution in [0.15, 0.2) is 30.3 Å². The molecule has 1 aromatic rings. The van der Waals surface area contributed by atoms with E-state index in [0.717, 1.165) is 0 Å². The van der Waals surface area contributed by atoms with Gasteiger partial charge in [0.25, 0.3) is 0 Å². The number of cyclic esters (lactones) is 1. The molecule has 116 valence electrons. The summed E-state index contributed by atoms with van der Waals surface area (Å²) in [5.41, 5.74) is -0.889. The molecule has 0 spiro atoms. The molecule has 22 heavy (non-hydrogen) atoms. The average Bonchev–Trinajstić information content (AvgIpc) is 3.07. The lowest BCUT2D eigenvalue weighted by molar-refractivity contribution is -0.164. The van der Waals surface area contributed by atoms with Crippen LogP contribution in [-0.2, 0) is 23.8 Å². The van der Waals surface area contributed by atoms with Crippen molar-refractivity contribution in [1.82, 2.24) is 0 Å². The molecule has 1 aromatic carbocycles. The van der Waals surface area contributed by atoms with Gasteiger partial charge in [-0.3, -0.25) is 9.59 Å². The molecule has 0 N–H and O–H groups in total. The Morgan fingerprint density at radius 2 is 2.00 bits per heavy atom. The summed E-state index contributed by atoms with van der Waals surface area (Å²) in [7, 11) is 1.24. The molecule has 3 rings (SSSR count). The zero-order valence-corrected chi connectivity index (χ0v) is 12.1. The van der Waals surface area contributed by atoms with Gasteiger partial charge in [-0.15, -0.1) is 0 Å². The van der Waals surface area contributed by atoms with E-state index in [-0.39, 0.29) is 13.0 Å². The second kappa shape index (κ2) is 5.44. The van der Waals surface area contributed by atoms with Crippen molar-refractivity contribution in [3.63, 3.8) is 0 Å². The second-order valence-corrected chi connectivity index (χ2v) is 5.52. The highest BCUT2D eigenvalue weighted by Gasteiger charge is 2.66. The molecule has 0 aromatic heterocycles. The quantitative estimate of drug-likeness (QED) is 0.476. The molecule has 0 radical (unpaired) electrons. The van der Waals surface area contributed by atoms with Gasteiger partial charge in [0.15, 0.2) is 5.41 Å². The average molecular weight is 304 g/mol. The maximum Gasteiger partial charge on any atom is 0.338 e. The number of fused-ring (bicyclic) bond motifs is 1. The van der Waals surface area contributed by atoms with E-state index in [1.54, 1.807) is 30.3 Å². The summed E-state index contributed by atoms with van der Waals surface area (Å²) >= 11 is 0. The normalized spacial score (nSPS) is 29.6. The Kier molecular flexibility index (Phi) is 3.60. The van der Waals surface area contributed by atoms with Gasteiger partial charge in [-0.2, -0.15) is 0 Å². The van der Waals surface area contributed by atoms with Crippen LogP contribution in [0.1, 0.15) is 23.2 Å². The summed E-state index contributed by atoms with van der Waals surface area (Å²) < 4.78 is 15.3. The van der Waals surface area contributed by atoms with E-state index in [9.17, 15) is 14.4 Å². The number of rotatable bonds is 3. The molecule has 0 bridgehead atoms. The van der Waals surface area contributed by atoms with Gasteiger partial charge in [0, 0.05) is 0 Å². The van der Waals surface area contributed by atoms with Crippen LogP contribution in [0.2, 0.25) is 0 Å². The van der Waals surface area contributed by atoms with Crippen molar-refractivity contribution in [2.45, 2.75) is 18.9 Å². The number of hydrogen-bond acceptors (Lipinski definition) is 6. The summed E-state index contributed by atoms with van der Waals surface area (Å²) in [4.78, 5) is 36.2. The van der Waals surface area contributed by atoms with E-state index in [0.29, 0.717) is 12.0 Å². The Labute approximate surface area is 127 Å². The molecule has 0 amide bonds. The molecule has 2 fully saturated rings. The summed E-state index contributed by atoms with van der Waals surface area (Å²) in [6, 6.07) is 8.60. The van der Waals surface area contributed by atoms with Gasteiger partial charge in [0.2, 0.25) is 0 Å². The number of hydrogen-bond donors (Lipinski definition) is 0. The molecule has 1 heterocycles. The number of benzene rings is 1. The molecular weight excluding hydrogens is 288 g/mol. The van der Waals surface area contributed by atoms with Crippen molar-refractivity contribution >= 4 is 17.9 Å². The fourth-order valence-corrected chi connectivity index (χ4v) is 3.31. The first-order chi connectivity index (χ1) is 10.6. The van der Waals surface area contributed by atoms with Crippen molar-refractivity contribution in [2.24, 2.45) is 11.3 Å². The van der Waals surface area contributed by atoms with Crippen LogP contribution < -0.4 is 0 Å². The maximum atomic E-state index is 12.2. The molecule has 6 heteroatoms. The first-order valence-corrected chi connectivity index (χ1v) is 7.11. The third-order valence-corrected chi connectivity index (χ3v) is 4.48. The van der Waals surface area contributed by atoms with E-state index in [1.165, 1.54) is 7.11 Å². The molecule has 1 aliphatic carbocycles. The fraction of sp³-hybridized carbons (Fsp3) is 0.438. The highest BCUT2D eigenvalue weighted by Crippen LogP contribution is 2.50. The Morgan fingerprint density at radius 3 is 2.68 bits per heavy atom. The van der Waals surface area contributed by atoms with Crippen LogP contribution in [0.25, 0.3) is 0 Å². The van der Waals surface area contributed by atoms with Gasteiger partial charge < -0.3 is 14.2 Å². The van der Waals surface area contributed by atoms with Gasteiger partial charge in [-0.25, -0.2) is 4.79 Å². The SMILES string of the molecule is COC(=O)[C@@]12CC[C@H](OC(=O)c3ccccc3)[C@@H]1COC2=O. The van der Waals surface area contributed by atoms with Gasteiger partial charge in [0.05, 0.1) is 25.2 Å². The summed E-state index contributed by atoms with van der Waals surface area (Å²) in [5.74, 6) is -2.15. The minimum absolute atomic E-state index is 0.0701. The van der Waals surface area contributed by atoms with Crippen LogP contribution >= 0.6 is 0 Å². The molecule has 1 saturated carbocycles. The number of carbonyl (C=O) groups is 3. The van der Waals surface area contributed by atoms with E-state index in [1.807, 2.05) is 0 Å². The zero-order valence-electron chi connectivity index (χ0n) is 12.1. The van der Waals surface area contributed by atoms with E-state index in [2.05, 4.69) is 0 Å². The van der Waals surface area contributed by atoms with Crippen LogP contribution in [-0.4, -0.2) is 37.7 Å². The number of ether oxygens (including phenoxy) is 3. The number of carbonyl (C=O) groups excluding carboxylic acids is 3. The zero-order chi connectivity index (χ0) is 15.7. The number of esters is 3. The lowest BCUT2D eigenvalue weighted by atomic mass is 9.79. The predicted molar refractivity (Wildman–Crippen MR) is 73.8 cm³/mol. The highest BCUT2D eigenvalue weighted by atomic mass is 16.6. The molecule has 0 unspecified atom stereocenters. The first kappa shape index (κ1) is 14.6. The second-order valence-electron chi connectivity index (χ2n) is 5.52. The van der Waals surface area contributed by atoms with Gasteiger partial charge in [-0.1, -0.05) is 18.2 Å². The lowest BCUT2D eigenvalue weighted by Crippen LogP contribution is -2.41. The molecular formula is C16H16O6. The summed E-state index contributed by atoms with van der Waals surface area (Å²) in [5, 5.41) is 0. The molecule has 1 saturated heterocycles. The van der Waals surface area contributed by atoms with Crippen LogP contribution in [0.4, 0.5) is 0 Å². The standard InChI is InChI=1S/C16H16O6/c1-20-14(18)16-8-7-12(11(16)9-21-15(16)19)22-13(17)10-5-3-2-4-6-10/h2-6,11-12H,7-9H2,1H3/t11-,12-,16+/m0/s1. The van der Waals surface area contributed by atoms with Crippen molar-refractivity contribution < 1.29 is 28.6 Å². The molecule has 6 nitrogen and oxygen atoms in total. The monoisotopic (exact) mass is 304 g/mol. The molecule has 3 atom stereocenters. The Bertz CT molecular complexity index is 610. The van der Waals surface area contributed by atoms with Crippen LogP contribution in [0, 0.1) is 11.3 Å². The minimum Gasteiger partial charge on any atom is -0.468 e. The smallest absolute Gasteiger partial charge is 0.338 e. The van der Waals surface area contributed by atoms with E-state index < -0.39 is 35.3 Å². The Morgan fingerprint density at radius 1 is 1.27 bits per heavy atom. The fourth-order valence-electron chi connectivity index (χ4n) is 3.31. The third kappa shape index (κ3) is 2.06. The lowest BCUT2D eigenvalue weighted by Gasteiger charge is -2.23. The van der Waals surface area contributed by atoms with Crippen molar-refractivity contribution in [2.75, 3.05) is 13.7 Å². The predicted octanol–water partition coefficient (Wildman–Crippen LogP) is 1.34. The maximum absolute atomic E-state index is 12.2. The van der Waals surface area contributed by atoms with E-state index in [4.69, 9.17) is 14.2 Å². The largest absolute Gasteiger partial charge is 0.468 e. The third-order valence-electron chi connectivity index (χ3n) is 4.48. The van der Waals surface area contributed by atoms with Crippen molar-refractivity contribution in [1.29, 1.82) is 0 Å². The van der Waals surface area contributed by atoms with E-state index >= 15 is 0 Å². The summed E-state index contributed by atoms with van der Waals surface area (Å²) in [6.07, 6.45) is 0.182. The van der Waals surface area contributed by atoms with Crippen molar-refractivity contribution in [3.8, 4) is 0 Å². The molecule has 2 aliphatic rings. The topological polar surface area (TPSA) is 78.9 Å². The summed E-state index contributed by atoms with van der Waals surface area (Å²) in [6.45, 7) is 0.0701. The van der Waals surface area contributed by atoms with Crippen LogP contribution in [0.5, 0.6) is 0 Å². The Hall–Kier alpha value is -2.37. The Balaban J connectivity index is 1.79. The highest BCUT2D eigenvalue weighted by molar-refractivity contribution is 6.02. The van der Waals surface area contributed by atoms with Gasteiger partial charge in [0.1, 0.15) is 6.10 Å². The van der Waals surface area contributed by atoms with Gasteiger partial charge >= 0.3 is 17.9 Å². The minimum atomic E-state index is -1.32.